The van der Waals surface area contributed by atoms with Crippen LogP contribution in [0.1, 0.15) is 12.0 Å². The second-order valence-corrected chi connectivity index (χ2v) is 4.64. The molecule has 1 aromatic heterocycles. The van der Waals surface area contributed by atoms with Gasteiger partial charge in [0.15, 0.2) is 0 Å². The number of benzene rings is 1. The van der Waals surface area contributed by atoms with E-state index in [1.54, 1.807) is 0 Å². The highest BCUT2D eigenvalue weighted by Crippen LogP contribution is 2.21. The Kier molecular flexibility index (Phi) is 5.51. The standard InChI is InChI=1S/C15H13F4N3O/c16-11-13(12(17)15(19)22-14(11)18)20-7-6-10(23)21-8-9-4-2-1-3-5-9/h1-5H,6-8H2,(H,20,22)(H,21,23). The number of nitrogens with one attached hydrogen (secondary N) is 2. The number of pyridine rings is 1. The first-order chi connectivity index (χ1) is 11.0. The van der Waals surface area contributed by atoms with E-state index in [0.29, 0.717) is 6.54 Å². The summed E-state index contributed by atoms with van der Waals surface area (Å²) in [6.07, 6.45) is -0.128. The first kappa shape index (κ1) is 16.7. The van der Waals surface area contributed by atoms with Crippen LogP contribution in [-0.2, 0) is 11.3 Å². The maximum absolute atomic E-state index is 13.3. The molecule has 0 aliphatic heterocycles. The van der Waals surface area contributed by atoms with Crippen LogP contribution >= 0.6 is 0 Å². The SMILES string of the molecule is O=C(CCNc1c(F)c(F)nc(F)c1F)NCc1ccccc1. The summed E-state index contributed by atoms with van der Waals surface area (Å²) < 4.78 is 52.5. The van der Waals surface area contributed by atoms with Gasteiger partial charge in [0.25, 0.3) is 11.9 Å². The second kappa shape index (κ2) is 7.57. The van der Waals surface area contributed by atoms with Gasteiger partial charge in [0.1, 0.15) is 5.69 Å². The average Bonchev–Trinajstić information content (AvgIpc) is 2.55. The van der Waals surface area contributed by atoms with Gasteiger partial charge in [-0.3, -0.25) is 4.79 Å². The van der Waals surface area contributed by atoms with Crippen LogP contribution in [-0.4, -0.2) is 17.4 Å². The van der Waals surface area contributed by atoms with Crippen molar-refractivity contribution >= 4 is 11.6 Å². The number of halogens is 4. The Labute approximate surface area is 129 Å². The molecule has 2 rings (SSSR count). The molecule has 0 radical (unpaired) electrons. The van der Waals surface area contributed by atoms with Gasteiger partial charge >= 0.3 is 0 Å². The Balaban J connectivity index is 1.84. The maximum atomic E-state index is 13.3. The quantitative estimate of drug-likeness (QED) is 0.634. The summed E-state index contributed by atoms with van der Waals surface area (Å²) in [6, 6.07) is 9.13. The van der Waals surface area contributed by atoms with E-state index < -0.39 is 29.2 Å². The maximum Gasteiger partial charge on any atom is 0.253 e. The molecular weight excluding hydrogens is 314 g/mol. The molecule has 1 heterocycles. The van der Waals surface area contributed by atoms with Crippen LogP contribution in [0.3, 0.4) is 0 Å². The predicted octanol–water partition coefficient (Wildman–Crippen LogP) is 2.76. The van der Waals surface area contributed by atoms with Gasteiger partial charge < -0.3 is 10.6 Å². The van der Waals surface area contributed by atoms with Crippen LogP contribution in [0, 0.1) is 23.5 Å². The summed E-state index contributed by atoms with van der Waals surface area (Å²) >= 11 is 0. The minimum atomic E-state index is -1.75. The van der Waals surface area contributed by atoms with Gasteiger partial charge in [-0.25, -0.2) is 0 Å². The third-order valence-corrected chi connectivity index (χ3v) is 2.98. The van der Waals surface area contributed by atoms with E-state index in [9.17, 15) is 22.4 Å². The number of carbonyl (C=O) groups is 1. The monoisotopic (exact) mass is 327 g/mol. The summed E-state index contributed by atoms with van der Waals surface area (Å²) in [4.78, 5) is 14.0. The van der Waals surface area contributed by atoms with Crippen molar-refractivity contribution in [1.82, 2.24) is 10.3 Å². The van der Waals surface area contributed by atoms with Crippen LogP contribution in [0.4, 0.5) is 23.2 Å². The largest absolute Gasteiger partial charge is 0.379 e. The molecule has 0 aliphatic carbocycles. The Hall–Kier alpha value is -2.64. The van der Waals surface area contributed by atoms with Crippen molar-refractivity contribution < 1.29 is 22.4 Å². The van der Waals surface area contributed by atoms with Crippen LogP contribution in [0.5, 0.6) is 0 Å². The van der Waals surface area contributed by atoms with Gasteiger partial charge in [-0.2, -0.15) is 22.5 Å². The molecule has 8 heteroatoms. The van der Waals surface area contributed by atoms with Crippen molar-refractivity contribution in [2.45, 2.75) is 13.0 Å². The number of hydrogen-bond donors (Lipinski definition) is 2. The van der Waals surface area contributed by atoms with E-state index in [4.69, 9.17) is 0 Å². The first-order valence-electron chi connectivity index (χ1n) is 6.73. The van der Waals surface area contributed by atoms with E-state index >= 15 is 0 Å². The van der Waals surface area contributed by atoms with Gasteiger partial charge in [-0.05, 0) is 5.56 Å². The predicted molar refractivity (Wildman–Crippen MR) is 75.5 cm³/mol. The number of nitrogens with zero attached hydrogens (tertiary/aromatic N) is 1. The molecule has 23 heavy (non-hydrogen) atoms. The van der Waals surface area contributed by atoms with Crippen molar-refractivity contribution in [1.29, 1.82) is 0 Å². The van der Waals surface area contributed by atoms with E-state index in [1.807, 2.05) is 30.3 Å². The number of rotatable bonds is 6. The van der Waals surface area contributed by atoms with Gasteiger partial charge in [-0.15, -0.1) is 0 Å². The van der Waals surface area contributed by atoms with E-state index in [-0.39, 0.29) is 18.9 Å². The molecule has 1 aromatic carbocycles. The van der Waals surface area contributed by atoms with E-state index in [1.165, 1.54) is 0 Å². The highest BCUT2D eigenvalue weighted by molar-refractivity contribution is 5.76. The van der Waals surface area contributed by atoms with Crippen molar-refractivity contribution in [3.63, 3.8) is 0 Å². The first-order valence-corrected chi connectivity index (χ1v) is 6.73. The topological polar surface area (TPSA) is 54.0 Å². The molecule has 2 aromatic rings. The Morgan fingerprint density at radius 3 is 2.22 bits per heavy atom. The number of amides is 1. The molecule has 4 nitrogen and oxygen atoms in total. The lowest BCUT2D eigenvalue weighted by atomic mass is 10.2. The Morgan fingerprint density at radius 1 is 1.00 bits per heavy atom. The van der Waals surface area contributed by atoms with Gasteiger partial charge in [0.05, 0.1) is 0 Å². The fraction of sp³-hybridized carbons (Fsp3) is 0.200. The van der Waals surface area contributed by atoms with Gasteiger partial charge in [0, 0.05) is 19.5 Å². The van der Waals surface area contributed by atoms with E-state index in [0.717, 1.165) is 5.56 Å². The molecule has 0 unspecified atom stereocenters. The molecule has 0 fully saturated rings. The fourth-order valence-corrected chi connectivity index (χ4v) is 1.83. The highest BCUT2D eigenvalue weighted by atomic mass is 19.2. The zero-order chi connectivity index (χ0) is 16.8. The molecule has 0 bridgehead atoms. The Morgan fingerprint density at radius 2 is 1.61 bits per heavy atom. The number of hydrogen-bond acceptors (Lipinski definition) is 3. The number of anilines is 1. The van der Waals surface area contributed by atoms with Crippen LogP contribution in [0.2, 0.25) is 0 Å². The molecule has 0 aliphatic rings. The van der Waals surface area contributed by atoms with Crippen LogP contribution < -0.4 is 10.6 Å². The average molecular weight is 327 g/mol. The minimum absolute atomic E-state index is 0.128. The highest BCUT2D eigenvalue weighted by Gasteiger charge is 2.20. The van der Waals surface area contributed by atoms with Crippen molar-refractivity contribution in [3.8, 4) is 0 Å². The summed E-state index contributed by atoms with van der Waals surface area (Å²) in [5, 5.41) is 4.77. The molecule has 0 atom stereocenters. The number of carbonyl (C=O) groups excluding carboxylic acids is 1. The summed E-state index contributed by atoms with van der Waals surface area (Å²) in [6.45, 7) is 0.109. The zero-order valence-corrected chi connectivity index (χ0v) is 11.9. The molecule has 2 N–H and O–H groups in total. The molecule has 1 amide bonds. The minimum Gasteiger partial charge on any atom is -0.379 e. The molecule has 0 saturated heterocycles. The van der Waals surface area contributed by atoms with E-state index in [2.05, 4.69) is 15.6 Å². The van der Waals surface area contributed by atoms with Crippen LogP contribution in [0.25, 0.3) is 0 Å². The fourth-order valence-electron chi connectivity index (χ4n) is 1.83. The lowest BCUT2D eigenvalue weighted by molar-refractivity contribution is -0.121. The third kappa shape index (κ3) is 4.41. The lowest BCUT2D eigenvalue weighted by Gasteiger charge is -2.09. The Bertz CT molecular complexity index is 669. The zero-order valence-electron chi connectivity index (χ0n) is 11.9. The van der Waals surface area contributed by atoms with Gasteiger partial charge in [0.2, 0.25) is 17.5 Å². The van der Waals surface area contributed by atoms with Crippen molar-refractivity contribution in [2.75, 3.05) is 11.9 Å². The lowest BCUT2D eigenvalue weighted by Crippen LogP contribution is -2.25. The molecule has 0 saturated carbocycles. The van der Waals surface area contributed by atoms with Crippen LogP contribution in [0.15, 0.2) is 30.3 Å². The molecule has 0 spiro atoms. The van der Waals surface area contributed by atoms with Crippen molar-refractivity contribution in [3.05, 3.63) is 59.4 Å². The second-order valence-electron chi connectivity index (χ2n) is 4.64. The third-order valence-electron chi connectivity index (χ3n) is 2.98. The number of aromatic nitrogens is 1. The summed E-state index contributed by atoms with van der Waals surface area (Å²) in [7, 11) is 0. The van der Waals surface area contributed by atoms with Crippen molar-refractivity contribution in [2.24, 2.45) is 0 Å². The summed E-state index contributed by atoms with van der Waals surface area (Å²) in [5.41, 5.74) is -0.0879. The van der Waals surface area contributed by atoms with Gasteiger partial charge in [-0.1, -0.05) is 30.3 Å². The summed E-state index contributed by atoms with van der Waals surface area (Å²) in [5.74, 6) is -7.14. The normalized spacial score (nSPS) is 10.4. The molecule has 122 valence electrons. The molecular formula is C15H13F4N3O. The smallest absolute Gasteiger partial charge is 0.253 e.